The van der Waals surface area contributed by atoms with Crippen LogP contribution in [-0.4, -0.2) is 68.5 Å². The van der Waals surface area contributed by atoms with Crippen molar-refractivity contribution >= 4 is 11.8 Å². The molecule has 1 N–H and O–H groups in total. The molecule has 0 spiro atoms. The fourth-order valence-electron chi connectivity index (χ4n) is 3.27. The molecule has 0 radical (unpaired) electrons. The number of benzene rings is 1. The van der Waals surface area contributed by atoms with Crippen LogP contribution in [0.15, 0.2) is 24.3 Å². The lowest BCUT2D eigenvalue weighted by Gasteiger charge is -2.26. The first-order valence-electron chi connectivity index (χ1n) is 8.85. The van der Waals surface area contributed by atoms with Crippen molar-refractivity contribution in [2.45, 2.75) is 31.9 Å². The molecule has 6 heteroatoms. The minimum Gasteiger partial charge on any atom is -0.380 e. The Morgan fingerprint density at radius 3 is 2.80 bits per heavy atom. The highest BCUT2D eigenvalue weighted by atomic mass is 16.5. The molecule has 138 valence electrons. The molecule has 1 aliphatic heterocycles. The van der Waals surface area contributed by atoms with Gasteiger partial charge in [0.05, 0.1) is 12.6 Å². The first kappa shape index (κ1) is 19.4. The van der Waals surface area contributed by atoms with E-state index in [1.807, 2.05) is 24.3 Å². The Balaban J connectivity index is 1.79. The van der Waals surface area contributed by atoms with Crippen LogP contribution in [0.5, 0.6) is 0 Å². The summed E-state index contributed by atoms with van der Waals surface area (Å²) in [5.74, 6) is 0.102. The van der Waals surface area contributed by atoms with Crippen LogP contribution in [0, 0.1) is 0 Å². The van der Waals surface area contributed by atoms with Crippen LogP contribution in [0.25, 0.3) is 0 Å². The number of rotatable bonds is 8. The lowest BCUT2D eigenvalue weighted by atomic mass is 10.1. The fraction of sp³-hybridized carbons (Fsp3) is 0.579. The molecule has 2 rings (SSSR count). The highest BCUT2D eigenvalue weighted by Crippen LogP contribution is 2.18. The van der Waals surface area contributed by atoms with Crippen molar-refractivity contribution in [3.63, 3.8) is 0 Å². The highest BCUT2D eigenvalue weighted by Gasteiger charge is 2.30. The molecular weight excluding hydrogens is 318 g/mol. The highest BCUT2D eigenvalue weighted by molar-refractivity contribution is 5.95. The maximum Gasteiger partial charge on any atom is 0.251 e. The van der Waals surface area contributed by atoms with Crippen molar-refractivity contribution in [3.8, 4) is 0 Å². The third-order valence-electron chi connectivity index (χ3n) is 4.56. The Morgan fingerprint density at radius 1 is 1.32 bits per heavy atom. The van der Waals surface area contributed by atoms with Gasteiger partial charge in [0, 0.05) is 39.9 Å². The lowest BCUT2D eigenvalue weighted by Crippen LogP contribution is -2.43. The molecule has 0 aromatic heterocycles. The van der Waals surface area contributed by atoms with E-state index in [-0.39, 0.29) is 17.9 Å². The molecule has 1 aromatic rings. The van der Waals surface area contributed by atoms with E-state index in [9.17, 15) is 9.59 Å². The second-order valence-electron chi connectivity index (χ2n) is 6.63. The van der Waals surface area contributed by atoms with E-state index in [1.54, 1.807) is 26.1 Å². The van der Waals surface area contributed by atoms with Crippen molar-refractivity contribution in [1.29, 1.82) is 0 Å². The molecule has 0 unspecified atom stereocenters. The molecule has 0 aliphatic carbocycles. The summed E-state index contributed by atoms with van der Waals surface area (Å²) in [6.07, 6.45) is 2.81. The SMILES string of the molecule is COCc1ccccc1C(=O)NCCCN1CCC[C@H]1C(=O)N(C)C. The minimum atomic E-state index is -0.0741. The van der Waals surface area contributed by atoms with E-state index < -0.39 is 0 Å². The van der Waals surface area contributed by atoms with Gasteiger partial charge in [-0.05, 0) is 37.4 Å². The predicted octanol–water partition coefficient (Wildman–Crippen LogP) is 1.51. The second-order valence-corrected chi connectivity index (χ2v) is 6.63. The summed E-state index contributed by atoms with van der Waals surface area (Å²) in [5, 5.41) is 2.97. The van der Waals surface area contributed by atoms with Gasteiger partial charge in [0.2, 0.25) is 5.91 Å². The third-order valence-corrected chi connectivity index (χ3v) is 4.56. The Labute approximate surface area is 150 Å². The molecule has 0 bridgehead atoms. The van der Waals surface area contributed by atoms with Crippen LogP contribution < -0.4 is 5.32 Å². The zero-order chi connectivity index (χ0) is 18.2. The van der Waals surface area contributed by atoms with Gasteiger partial charge in [0.15, 0.2) is 0 Å². The average molecular weight is 347 g/mol. The number of likely N-dealkylation sites (tertiary alicyclic amines) is 1. The predicted molar refractivity (Wildman–Crippen MR) is 97.4 cm³/mol. The molecule has 6 nitrogen and oxygen atoms in total. The minimum absolute atomic E-state index is 0.00636. The van der Waals surface area contributed by atoms with Crippen LogP contribution in [-0.2, 0) is 16.1 Å². The molecule has 1 saturated heterocycles. The van der Waals surface area contributed by atoms with E-state index in [0.29, 0.717) is 18.7 Å². The van der Waals surface area contributed by atoms with Crippen molar-refractivity contribution in [1.82, 2.24) is 15.1 Å². The van der Waals surface area contributed by atoms with Crippen molar-refractivity contribution in [3.05, 3.63) is 35.4 Å². The van der Waals surface area contributed by atoms with E-state index in [2.05, 4.69) is 10.2 Å². The summed E-state index contributed by atoms with van der Waals surface area (Å²) < 4.78 is 5.14. The number of nitrogens with one attached hydrogen (secondary N) is 1. The first-order valence-corrected chi connectivity index (χ1v) is 8.85. The maximum absolute atomic E-state index is 12.4. The Bertz CT molecular complexity index is 589. The van der Waals surface area contributed by atoms with Crippen molar-refractivity contribution in [2.24, 2.45) is 0 Å². The van der Waals surface area contributed by atoms with Crippen LogP contribution >= 0.6 is 0 Å². The standard InChI is InChI=1S/C19H29N3O3/c1-21(2)19(24)17-10-6-12-22(17)13-7-11-20-18(23)16-9-5-4-8-15(16)14-25-3/h4-5,8-9,17H,6-7,10-14H2,1-3H3,(H,20,23)/t17-/m0/s1. The Morgan fingerprint density at radius 2 is 2.08 bits per heavy atom. The van der Waals surface area contributed by atoms with Crippen LogP contribution in [0.2, 0.25) is 0 Å². The normalized spacial score (nSPS) is 17.5. The number of carbonyl (C=O) groups excluding carboxylic acids is 2. The van der Waals surface area contributed by atoms with Gasteiger partial charge in [0.1, 0.15) is 0 Å². The van der Waals surface area contributed by atoms with Crippen LogP contribution in [0.4, 0.5) is 0 Å². The maximum atomic E-state index is 12.4. The van der Waals surface area contributed by atoms with Gasteiger partial charge in [-0.3, -0.25) is 14.5 Å². The van der Waals surface area contributed by atoms with Crippen LogP contribution in [0.1, 0.15) is 35.2 Å². The summed E-state index contributed by atoms with van der Waals surface area (Å²) in [7, 11) is 5.23. The monoisotopic (exact) mass is 347 g/mol. The van der Waals surface area contributed by atoms with Gasteiger partial charge in [-0.2, -0.15) is 0 Å². The fourth-order valence-corrected chi connectivity index (χ4v) is 3.27. The van der Waals surface area contributed by atoms with Gasteiger partial charge >= 0.3 is 0 Å². The molecule has 0 saturated carbocycles. The van der Waals surface area contributed by atoms with E-state index >= 15 is 0 Å². The summed E-state index contributed by atoms with van der Waals surface area (Å²) in [6.45, 7) is 2.80. The summed E-state index contributed by atoms with van der Waals surface area (Å²) in [6, 6.07) is 7.47. The van der Waals surface area contributed by atoms with E-state index in [1.165, 1.54) is 0 Å². The Hall–Kier alpha value is -1.92. The number of hydrogen-bond acceptors (Lipinski definition) is 4. The van der Waals surface area contributed by atoms with Gasteiger partial charge in [0.25, 0.3) is 5.91 Å². The first-order chi connectivity index (χ1) is 12.0. The summed E-state index contributed by atoms with van der Waals surface area (Å²) >= 11 is 0. The second kappa shape index (κ2) is 9.53. The summed E-state index contributed by atoms with van der Waals surface area (Å²) in [4.78, 5) is 28.4. The molecule has 1 atom stereocenters. The van der Waals surface area contributed by atoms with Crippen LogP contribution in [0.3, 0.4) is 0 Å². The van der Waals surface area contributed by atoms with E-state index in [4.69, 9.17) is 4.74 Å². The number of likely N-dealkylation sites (N-methyl/N-ethyl adjacent to an activating group) is 1. The number of carbonyl (C=O) groups is 2. The number of amides is 2. The lowest BCUT2D eigenvalue weighted by molar-refractivity contribution is -0.133. The van der Waals surface area contributed by atoms with Gasteiger partial charge in [-0.15, -0.1) is 0 Å². The van der Waals surface area contributed by atoms with Gasteiger partial charge in [-0.25, -0.2) is 0 Å². The van der Waals surface area contributed by atoms with Crippen molar-refractivity contribution < 1.29 is 14.3 Å². The number of hydrogen-bond donors (Lipinski definition) is 1. The van der Waals surface area contributed by atoms with Gasteiger partial charge < -0.3 is 15.0 Å². The number of nitrogens with zero attached hydrogens (tertiary/aromatic N) is 2. The smallest absolute Gasteiger partial charge is 0.251 e. The topological polar surface area (TPSA) is 61.9 Å². The largest absolute Gasteiger partial charge is 0.380 e. The molecule has 25 heavy (non-hydrogen) atoms. The van der Waals surface area contributed by atoms with Gasteiger partial charge in [-0.1, -0.05) is 18.2 Å². The Kier molecular flexibility index (Phi) is 7.40. The molecule has 1 aromatic carbocycles. The quantitative estimate of drug-likeness (QED) is 0.724. The zero-order valence-corrected chi connectivity index (χ0v) is 15.5. The average Bonchev–Trinajstić information content (AvgIpc) is 3.07. The summed E-state index contributed by atoms with van der Waals surface area (Å²) in [5.41, 5.74) is 1.55. The molecule has 1 heterocycles. The molecule has 1 aliphatic rings. The number of methoxy groups -OCH3 is 1. The van der Waals surface area contributed by atoms with E-state index in [0.717, 1.165) is 37.9 Å². The zero-order valence-electron chi connectivity index (χ0n) is 15.5. The third kappa shape index (κ3) is 5.28. The molecule has 2 amide bonds. The molecule has 1 fully saturated rings. The van der Waals surface area contributed by atoms with Crippen molar-refractivity contribution in [2.75, 3.05) is 40.8 Å². The molecular formula is C19H29N3O3. The number of ether oxygens (including phenoxy) is 1.